The molecule has 0 radical (unpaired) electrons. The smallest absolute Gasteiger partial charge is 0.164 e. The van der Waals surface area contributed by atoms with Gasteiger partial charge in [-0.05, 0) is 23.6 Å². The number of benzene rings is 4. The molecule has 0 bridgehead atoms. The van der Waals surface area contributed by atoms with Crippen LogP contribution >= 0.6 is 0 Å². The highest BCUT2D eigenvalue weighted by molar-refractivity contribution is 5.84. The van der Waals surface area contributed by atoms with Crippen molar-refractivity contribution >= 4 is 0 Å². The maximum atomic E-state index is 4.90. The second-order valence-electron chi connectivity index (χ2n) is 7.40. The fourth-order valence-corrected chi connectivity index (χ4v) is 3.77. The van der Waals surface area contributed by atoms with Crippen molar-refractivity contribution < 1.29 is 0 Å². The predicted molar refractivity (Wildman–Crippen MR) is 126 cm³/mol. The number of rotatable bonds is 4. The van der Waals surface area contributed by atoms with Gasteiger partial charge in [0, 0.05) is 16.7 Å². The molecule has 0 aliphatic heterocycles. The van der Waals surface area contributed by atoms with Gasteiger partial charge < -0.3 is 0 Å². The SMILES string of the molecule is Cc1cccc(-c2nc(-c3ccccc3)nc(-c3ccccc3)n2)c1-c1ccccc1. The Morgan fingerprint density at radius 2 is 0.871 bits per heavy atom. The maximum Gasteiger partial charge on any atom is 0.164 e. The molecule has 0 spiro atoms. The summed E-state index contributed by atoms with van der Waals surface area (Å²) in [6, 6.07) is 36.8. The zero-order valence-corrected chi connectivity index (χ0v) is 17.2. The lowest BCUT2D eigenvalue weighted by Crippen LogP contribution is -2.01. The van der Waals surface area contributed by atoms with Gasteiger partial charge in [-0.2, -0.15) is 0 Å². The third-order valence-electron chi connectivity index (χ3n) is 5.28. The first kappa shape index (κ1) is 18.9. The Hall–Kier alpha value is -4.11. The van der Waals surface area contributed by atoms with Gasteiger partial charge in [0.2, 0.25) is 0 Å². The summed E-state index contributed by atoms with van der Waals surface area (Å²) in [6.07, 6.45) is 0. The molecule has 148 valence electrons. The molecule has 0 fully saturated rings. The topological polar surface area (TPSA) is 38.7 Å². The molecule has 0 saturated heterocycles. The number of nitrogens with zero attached hydrogens (tertiary/aromatic N) is 3. The van der Waals surface area contributed by atoms with Crippen molar-refractivity contribution in [3.8, 4) is 45.3 Å². The molecule has 3 heteroatoms. The number of hydrogen-bond acceptors (Lipinski definition) is 3. The van der Waals surface area contributed by atoms with E-state index in [1.807, 2.05) is 66.7 Å². The summed E-state index contributed by atoms with van der Waals surface area (Å²) in [5, 5.41) is 0. The summed E-state index contributed by atoms with van der Waals surface area (Å²) in [5.74, 6) is 2.02. The Bertz CT molecular complexity index is 1260. The first-order chi connectivity index (χ1) is 15.3. The van der Waals surface area contributed by atoms with Crippen molar-refractivity contribution in [1.82, 2.24) is 15.0 Å². The van der Waals surface area contributed by atoms with Crippen molar-refractivity contribution in [2.24, 2.45) is 0 Å². The molecule has 0 atom stereocenters. The van der Waals surface area contributed by atoms with E-state index in [2.05, 4.69) is 49.4 Å². The summed E-state index contributed by atoms with van der Waals surface area (Å²) in [6.45, 7) is 2.13. The van der Waals surface area contributed by atoms with Gasteiger partial charge in [0.05, 0.1) is 0 Å². The van der Waals surface area contributed by atoms with Crippen LogP contribution in [0.5, 0.6) is 0 Å². The highest BCUT2D eigenvalue weighted by Crippen LogP contribution is 2.34. The summed E-state index contributed by atoms with van der Waals surface area (Å²) >= 11 is 0. The molecule has 1 aromatic heterocycles. The minimum Gasteiger partial charge on any atom is -0.208 e. The molecular formula is C28H21N3. The molecule has 31 heavy (non-hydrogen) atoms. The summed E-state index contributed by atoms with van der Waals surface area (Å²) < 4.78 is 0. The monoisotopic (exact) mass is 399 g/mol. The van der Waals surface area contributed by atoms with E-state index < -0.39 is 0 Å². The molecule has 4 aromatic carbocycles. The van der Waals surface area contributed by atoms with Crippen LogP contribution in [-0.2, 0) is 0 Å². The Kier molecular flexibility index (Phi) is 5.07. The molecule has 0 aliphatic rings. The quantitative estimate of drug-likeness (QED) is 0.332. The molecule has 3 nitrogen and oxygen atoms in total. The molecule has 0 aliphatic carbocycles. The van der Waals surface area contributed by atoms with E-state index in [-0.39, 0.29) is 0 Å². The zero-order valence-electron chi connectivity index (χ0n) is 17.2. The van der Waals surface area contributed by atoms with Gasteiger partial charge >= 0.3 is 0 Å². The predicted octanol–water partition coefficient (Wildman–Crippen LogP) is 6.85. The Morgan fingerprint density at radius 3 is 1.39 bits per heavy atom. The molecule has 0 unspecified atom stereocenters. The van der Waals surface area contributed by atoms with Crippen LogP contribution in [0.1, 0.15) is 5.56 Å². The van der Waals surface area contributed by atoms with Gasteiger partial charge in [0.15, 0.2) is 17.5 Å². The fraction of sp³-hybridized carbons (Fsp3) is 0.0357. The lowest BCUT2D eigenvalue weighted by Gasteiger charge is -2.14. The average molecular weight is 399 g/mol. The van der Waals surface area contributed by atoms with Crippen LogP contribution in [0.15, 0.2) is 109 Å². The Labute approximate surface area is 182 Å². The standard InChI is InChI=1S/C28H21N3/c1-20-12-11-19-24(25(20)21-13-5-2-6-14-21)28-30-26(22-15-7-3-8-16-22)29-27(31-28)23-17-9-4-10-18-23/h2-19H,1H3. The van der Waals surface area contributed by atoms with E-state index in [4.69, 9.17) is 15.0 Å². The minimum atomic E-state index is 0.671. The van der Waals surface area contributed by atoms with Gasteiger partial charge in [-0.1, -0.05) is 109 Å². The van der Waals surface area contributed by atoms with Crippen LogP contribution in [0, 0.1) is 6.92 Å². The van der Waals surface area contributed by atoms with Gasteiger partial charge in [-0.15, -0.1) is 0 Å². The number of aromatic nitrogens is 3. The second kappa shape index (κ2) is 8.33. The third kappa shape index (κ3) is 3.86. The van der Waals surface area contributed by atoms with Crippen LogP contribution in [-0.4, -0.2) is 15.0 Å². The molecule has 0 amide bonds. The summed E-state index contributed by atoms with van der Waals surface area (Å²) in [5.41, 5.74) is 6.43. The summed E-state index contributed by atoms with van der Waals surface area (Å²) in [4.78, 5) is 14.6. The van der Waals surface area contributed by atoms with Gasteiger partial charge in [0.25, 0.3) is 0 Å². The minimum absolute atomic E-state index is 0.671. The largest absolute Gasteiger partial charge is 0.208 e. The fourth-order valence-electron chi connectivity index (χ4n) is 3.77. The molecule has 5 rings (SSSR count). The van der Waals surface area contributed by atoms with Crippen LogP contribution < -0.4 is 0 Å². The Morgan fingerprint density at radius 1 is 0.419 bits per heavy atom. The molecule has 5 aromatic rings. The first-order valence-electron chi connectivity index (χ1n) is 10.3. The second-order valence-corrected chi connectivity index (χ2v) is 7.40. The number of aryl methyl sites for hydroxylation is 1. The van der Waals surface area contributed by atoms with Crippen molar-refractivity contribution in [2.75, 3.05) is 0 Å². The Balaban J connectivity index is 1.77. The van der Waals surface area contributed by atoms with E-state index in [0.29, 0.717) is 17.5 Å². The van der Waals surface area contributed by atoms with Gasteiger partial charge in [0.1, 0.15) is 0 Å². The zero-order chi connectivity index (χ0) is 21.0. The van der Waals surface area contributed by atoms with Crippen LogP contribution in [0.4, 0.5) is 0 Å². The highest BCUT2D eigenvalue weighted by atomic mass is 15.0. The van der Waals surface area contributed by atoms with Crippen molar-refractivity contribution in [2.45, 2.75) is 6.92 Å². The summed E-state index contributed by atoms with van der Waals surface area (Å²) in [7, 11) is 0. The average Bonchev–Trinajstić information content (AvgIpc) is 2.85. The maximum absolute atomic E-state index is 4.90. The van der Waals surface area contributed by atoms with Crippen molar-refractivity contribution in [1.29, 1.82) is 0 Å². The van der Waals surface area contributed by atoms with E-state index in [1.54, 1.807) is 0 Å². The lowest BCUT2D eigenvalue weighted by molar-refractivity contribution is 1.07. The normalized spacial score (nSPS) is 10.7. The van der Waals surface area contributed by atoms with E-state index in [0.717, 1.165) is 27.8 Å². The number of hydrogen-bond donors (Lipinski definition) is 0. The van der Waals surface area contributed by atoms with Gasteiger partial charge in [-0.25, -0.2) is 15.0 Å². The highest BCUT2D eigenvalue weighted by Gasteiger charge is 2.16. The van der Waals surface area contributed by atoms with Crippen LogP contribution in [0.3, 0.4) is 0 Å². The van der Waals surface area contributed by atoms with E-state index in [1.165, 1.54) is 5.56 Å². The first-order valence-corrected chi connectivity index (χ1v) is 10.3. The molecule has 0 N–H and O–H groups in total. The van der Waals surface area contributed by atoms with E-state index >= 15 is 0 Å². The van der Waals surface area contributed by atoms with Gasteiger partial charge in [-0.3, -0.25) is 0 Å². The molecule has 0 saturated carbocycles. The van der Waals surface area contributed by atoms with Crippen LogP contribution in [0.2, 0.25) is 0 Å². The van der Waals surface area contributed by atoms with Crippen molar-refractivity contribution in [3.05, 3.63) is 115 Å². The van der Waals surface area contributed by atoms with E-state index in [9.17, 15) is 0 Å². The molecular weight excluding hydrogens is 378 g/mol. The van der Waals surface area contributed by atoms with Crippen molar-refractivity contribution in [3.63, 3.8) is 0 Å². The molecule has 1 heterocycles. The third-order valence-corrected chi connectivity index (χ3v) is 5.28. The van der Waals surface area contributed by atoms with Crippen LogP contribution in [0.25, 0.3) is 45.3 Å². The lowest BCUT2D eigenvalue weighted by atomic mass is 9.94.